The van der Waals surface area contributed by atoms with Crippen LogP contribution in [0.5, 0.6) is 0 Å². The third-order valence-electron chi connectivity index (χ3n) is 5.92. The first kappa shape index (κ1) is 21.3. The minimum absolute atomic E-state index is 0.343. The van der Waals surface area contributed by atoms with Crippen molar-refractivity contribution in [3.8, 4) is 6.07 Å². The highest BCUT2D eigenvalue weighted by molar-refractivity contribution is 5.91. The Morgan fingerprint density at radius 2 is 2.17 bits per heavy atom. The fraction of sp³-hybridized carbons (Fsp3) is 0.636. The number of aliphatic imine (C=N–C) groups is 3. The van der Waals surface area contributed by atoms with E-state index >= 15 is 0 Å². The molecule has 29 heavy (non-hydrogen) atoms. The van der Waals surface area contributed by atoms with E-state index in [9.17, 15) is 0 Å². The summed E-state index contributed by atoms with van der Waals surface area (Å²) >= 11 is 0. The van der Waals surface area contributed by atoms with Gasteiger partial charge in [0, 0.05) is 32.0 Å². The van der Waals surface area contributed by atoms with Crippen LogP contribution in [0.4, 0.5) is 0 Å². The zero-order chi connectivity index (χ0) is 20.5. The highest BCUT2D eigenvalue weighted by atomic mass is 16.5. The third-order valence-corrected chi connectivity index (χ3v) is 5.92. The van der Waals surface area contributed by atoms with Crippen LogP contribution in [-0.4, -0.2) is 55.9 Å². The Hall–Kier alpha value is -2.46. The van der Waals surface area contributed by atoms with E-state index in [0.29, 0.717) is 24.1 Å². The number of nitriles is 1. The van der Waals surface area contributed by atoms with Crippen LogP contribution in [0.2, 0.25) is 0 Å². The van der Waals surface area contributed by atoms with Gasteiger partial charge in [-0.1, -0.05) is 19.9 Å². The topological polar surface area (TPSA) is 85.4 Å². The number of guanidine groups is 1. The maximum absolute atomic E-state index is 8.93. The Morgan fingerprint density at radius 3 is 2.97 bits per heavy atom. The van der Waals surface area contributed by atoms with Crippen molar-refractivity contribution < 1.29 is 4.74 Å². The second kappa shape index (κ2) is 10.9. The first-order valence-electron chi connectivity index (χ1n) is 10.7. The van der Waals surface area contributed by atoms with Gasteiger partial charge in [0.2, 0.25) is 5.96 Å². The Kier molecular flexibility index (Phi) is 8.00. The van der Waals surface area contributed by atoms with Crippen molar-refractivity contribution in [3.63, 3.8) is 0 Å². The van der Waals surface area contributed by atoms with Crippen molar-refractivity contribution in [2.75, 3.05) is 26.2 Å². The molecule has 3 heterocycles. The maximum Gasteiger partial charge on any atom is 0.220 e. The molecule has 156 valence electrons. The summed E-state index contributed by atoms with van der Waals surface area (Å²) in [6.45, 7) is 8.17. The molecule has 0 radical (unpaired) electrons. The van der Waals surface area contributed by atoms with E-state index < -0.39 is 0 Å². The minimum atomic E-state index is -0.343. The average Bonchev–Trinajstić information content (AvgIpc) is 3.03. The summed E-state index contributed by atoms with van der Waals surface area (Å²) in [6, 6.07) is 2.08. The molecule has 3 aliphatic heterocycles. The number of piperidine rings is 1. The van der Waals surface area contributed by atoms with Crippen molar-refractivity contribution in [1.29, 1.82) is 5.26 Å². The van der Waals surface area contributed by atoms with E-state index in [1.54, 1.807) is 6.08 Å². The highest BCUT2D eigenvalue weighted by Crippen LogP contribution is 2.30. The summed E-state index contributed by atoms with van der Waals surface area (Å²) in [4.78, 5) is 15.5. The molecule has 3 unspecified atom stereocenters. The molecule has 1 fully saturated rings. The molecule has 0 aromatic heterocycles. The van der Waals surface area contributed by atoms with Gasteiger partial charge in [0.05, 0.1) is 12.9 Å². The van der Waals surface area contributed by atoms with Gasteiger partial charge >= 0.3 is 0 Å². The normalized spacial score (nSPS) is 24.2. The van der Waals surface area contributed by atoms with Gasteiger partial charge < -0.3 is 15.0 Å². The van der Waals surface area contributed by atoms with E-state index in [1.165, 1.54) is 25.6 Å². The predicted octanol–water partition coefficient (Wildman–Crippen LogP) is 3.13. The van der Waals surface area contributed by atoms with Crippen molar-refractivity contribution in [1.82, 2.24) is 10.2 Å². The molecule has 7 heteroatoms. The van der Waals surface area contributed by atoms with Crippen LogP contribution in [0.25, 0.3) is 0 Å². The molecule has 7 nitrogen and oxygen atoms in total. The lowest BCUT2D eigenvalue weighted by atomic mass is 9.80. The fourth-order valence-corrected chi connectivity index (χ4v) is 4.17. The molecule has 0 spiro atoms. The maximum atomic E-state index is 8.93. The van der Waals surface area contributed by atoms with Crippen LogP contribution in [0, 0.1) is 29.1 Å². The van der Waals surface area contributed by atoms with E-state index in [0.717, 1.165) is 37.9 Å². The first-order valence-corrected chi connectivity index (χ1v) is 10.7. The smallest absolute Gasteiger partial charge is 0.220 e. The van der Waals surface area contributed by atoms with Gasteiger partial charge in [0.1, 0.15) is 11.8 Å². The van der Waals surface area contributed by atoms with Gasteiger partial charge in [-0.25, -0.2) is 15.0 Å². The molecule has 3 aliphatic rings. The van der Waals surface area contributed by atoms with Crippen molar-refractivity contribution in [2.45, 2.75) is 45.8 Å². The van der Waals surface area contributed by atoms with Gasteiger partial charge in [0.25, 0.3) is 0 Å². The summed E-state index contributed by atoms with van der Waals surface area (Å²) in [5.41, 5.74) is 0.495. The Balaban J connectivity index is 1.35. The fourth-order valence-electron chi connectivity index (χ4n) is 4.17. The summed E-state index contributed by atoms with van der Waals surface area (Å²) in [5.74, 6) is 2.96. The van der Waals surface area contributed by atoms with Gasteiger partial charge in [-0.3, -0.25) is 0 Å². The third kappa shape index (κ3) is 6.53. The van der Waals surface area contributed by atoms with Gasteiger partial charge in [0.15, 0.2) is 6.23 Å². The van der Waals surface area contributed by atoms with Gasteiger partial charge in [-0.05, 0) is 49.5 Å². The lowest BCUT2D eigenvalue weighted by Gasteiger charge is -2.36. The zero-order valence-electron chi connectivity index (χ0n) is 17.5. The number of allylic oxidation sites excluding steroid dienone is 2. The van der Waals surface area contributed by atoms with Crippen LogP contribution in [-0.2, 0) is 4.74 Å². The molecule has 0 aliphatic carbocycles. The molecule has 0 aromatic carbocycles. The number of likely N-dealkylation sites (tertiary alicyclic amines) is 1. The number of nitrogens with one attached hydrogen (secondary N) is 1. The number of hydrogen-bond acceptors (Lipinski definition) is 7. The summed E-state index contributed by atoms with van der Waals surface area (Å²) < 4.78 is 5.80. The summed E-state index contributed by atoms with van der Waals surface area (Å²) in [5, 5.41) is 11.7. The molecule has 0 aromatic rings. The lowest BCUT2D eigenvalue weighted by Crippen LogP contribution is -2.39. The molecular formula is C22H32N6O. The number of rotatable bonds is 7. The molecule has 3 rings (SSSR count). The molecular weight excluding hydrogens is 364 g/mol. The van der Waals surface area contributed by atoms with Crippen molar-refractivity contribution in [2.24, 2.45) is 32.7 Å². The number of ether oxygens (including phenoxy) is 1. The van der Waals surface area contributed by atoms with Crippen LogP contribution < -0.4 is 5.32 Å². The van der Waals surface area contributed by atoms with Crippen molar-refractivity contribution >= 4 is 18.5 Å². The van der Waals surface area contributed by atoms with Crippen LogP contribution in [0.1, 0.15) is 39.5 Å². The standard InChI is InChI=1S/C22H32N6O/c1-17(7-12-29-21-14-20(15-23)26-16-27-21)13-18(2)19-5-10-28(11-6-19)22-24-8-3-4-9-25-22/h3-4,8,14,16-19,21H,5-7,9-13H2,1-2H3,(H,26,27). The Morgan fingerprint density at radius 1 is 1.34 bits per heavy atom. The summed E-state index contributed by atoms with van der Waals surface area (Å²) in [6.07, 6.45) is 13.4. The molecule has 1 N–H and O–H groups in total. The molecule has 3 atom stereocenters. The lowest BCUT2D eigenvalue weighted by molar-refractivity contribution is 0.0759. The molecule has 0 bridgehead atoms. The SMILES string of the molecule is CC(CCOC1C=C(C#N)NC=N1)CC(C)C1CCN(C2=NCC=CC=N2)CC1. The number of nitrogens with zero attached hydrogens (tertiary/aromatic N) is 5. The molecule has 1 saturated heterocycles. The van der Waals surface area contributed by atoms with E-state index in [4.69, 9.17) is 10.00 Å². The van der Waals surface area contributed by atoms with Crippen LogP contribution in [0.15, 0.2) is 38.9 Å². The van der Waals surface area contributed by atoms with Crippen LogP contribution >= 0.6 is 0 Å². The molecule has 0 amide bonds. The minimum Gasteiger partial charge on any atom is -0.353 e. The van der Waals surface area contributed by atoms with Gasteiger partial charge in [-0.15, -0.1) is 0 Å². The molecule has 0 saturated carbocycles. The average molecular weight is 397 g/mol. The Labute approximate surface area is 174 Å². The second-order valence-corrected chi connectivity index (χ2v) is 8.15. The zero-order valence-corrected chi connectivity index (χ0v) is 17.5. The largest absolute Gasteiger partial charge is 0.353 e. The van der Waals surface area contributed by atoms with E-state index in [2.05, 4.69) is 45.1 Å². The highest BCUT2D eigenvalue weighted by Gasteiger charge is 2.26. The quantitative estimate of drug-likeness (QED) is 0.716. The van der Waals surface area contributed by atoms with E-state index in [-0.39, 0.29) is 6.23 Å². The summed E-state index contributed by atoms with van der Waals surface area (Å²) in [7, 11) is 0. The monoisotopic (exact) mass is 396 g/mol. The second-order valence-electron chi connectivity index (χ2n) is 8.15. The predicted molar refractivity (Wildman–Crippen MR) is 117 cm³/mol. The van der Waals surface area contributed by atoms with Crippen LogP contribution in [0.3, 0.4) is 0 Å². The van der Waals surface area contributed by atoms with Gasteiger partial charge in [-0.2, -0.15) is 5.26 Å². The van der Waals surface area contributed by atoms with Crippen molar-refractivity contribution in [3.05, 3.63) is 23.9 Å². The number of hydrogen-bond donors (Lipinski definition) is 1. The first-order chi connectivity index (χ1) is 14.2. The van der Waals surface area contributed by atoms with E-state index in [1.807, 2.05) is 18.4 Å². The Bertz CT molecular complexity index is 724.